The largest absolute Gasteiger partial charge is 0.336 e. The highest BCUT2D eigenvalue weighted by atomic mass is 16.2. The zero-order valence-electron chi connectivity index (χ0n) is 13.3. The predicted octanol–water partition coefficient (Wildman–Crippen LogP) is 1.85. The molecule has 0 unspecified atom stereocenters. The molecule has 1 amide bonds. The summed E-state index contributed by atoms with van der Waals surface area (Å²) in [7, 11) is 0. The highest BCUT2D eigenvalue weighted by Gasteiger charge is 2.34. The summed E-state index contributed by atoms with van der Waals surface area (Å²) in [4.78, 5) is 14.8. The Bertz CT molecular complexity index is 518. The van der Waals surface area contributed by atoms with Crippen molar-refractivity contribution in [3.63, 3.8) is 0 Å². The van der Waals surface area contributed by atoms with Crippen LogP contribution in [0.4, 0.5) is 0 Å². The number of nitrogens with zero attached hydrogens (tertiary/aromatic N) is 3. The van der Waals surface area contributed by atoms with Crippen LogP contribution in [0.3, 0.4) is 0 Å². The Labute approximate surface area is 126 Å². The molecule has 2 fully saturated rings. The number of nitrogens with one attached hydrogen (secondary N) is 1. The van der Waals surface area contributed by atoms with E-state index < -0.39 is 0 Å². The number of amides is 1. The zero-order valence-corrected chi connectivity index (χ0v) is 13.3. The van der Waals surface area contributed by atoms with E-state index in [0.29, 0.717) is 17.9 Å². The summed E-state index contributed by atoms with van der Waals surface area (Å²) in [6.07, 6.45) is 4.19. The normalized spacial score (nSPS) is 22.9. The highest BCUT2D eigenvalue weighted by Crippen LogP contribution is 2.42. The van der Waals surface area contributed by atoms with Gasteiger partial charge in [-0.25, -0.2) is 0 Å². The van der Waals surface area contributed by atoms with E-state index in [1.54, 1.807) is 6.20 Å². The lowest BCUT2D eigenvalue weighted by atomic mass is 10.1. The number of hydrogen-bond acceptors (Lipinski definition) is 3. The van der Waals surface area contributed by atoms with Crippen LogP contribution in [0.1, 0.15) is 55.6 Å². The molecule has 5 nitrogen and oxygen atoms in total. The van der Waals surface area contributed by atoms with Crippen LogP contribution >= 0.6 is 0 Å². The minimum atomic E-state index is 0.167. The molecule has 5 heteroatoms. The molecule has 21 heavy (non-hydrogen) atoms. The van der Waals surface area contributed by atoms with E-state index in [4.69, 9.17) is 0 Å². The second kappa shape index (κ2) is 5.79. The van der Waals surface area contributed by atoms with Crippen LogP contribution in [-0.4, -0.2) is 46.3 Å². The summed E-state index contributed by atoms with van der Waals surface area (Å²) in [5.41, 5.74) is 2.02. The van der Waals surface area contributed by atoms with Crippen molar-refractivity contribution < 1.29 is 4.79 Å². The summed E-state index contributed by atoms with van der Waals surface area (Å²) >= 11 is 0. The van der Waals surface area contributed by atoms with Crippen LogP contribution in [0.5, 0.6) is 0 Å². The van der Waals surface area contributed by atoms with E-state index in [0.717, 1.165) is 31.7 Å². The van der Waals surface area contributed by atoms with E-state index in [2.05, 4.69) is 35.9 Å². The first kappa shape index (κ1) is 14.6. The first-order valence-electron chi connectivity index (χ1n) is 8.14. The monoisotopic (exact) mass is 290 g/mol. The molecule has 1 N–H and O–H groups in total. The molecule has 1 atom stereocenters. The first-order valence-corrected chi connectivity index (χ1v) is 8.14. The van der Waals surface area contributed by atoms with Gasteiger partial charge in [-0.2, -0.15) is 5.10 Å². The molecule has 1 saturated heterocycles. The molecule has 0 radical (unpaired) electrons. The Morgan fingerprint density at radius 3 is 2.86 bits per heavy atom. The van der Waals surface area contributed by atoms with Gasteiger partial charge in [0, 0.05) is 38.1 Å². The smallest absolute Gasteiger partial charge is 0.257 e. The summed E-state index contributed by atoms with van der Waals surface area (Å²) in [6, 6.07) is 0.373. The van der Waals surface area contributed by atoms with Gasteiger partial charge in [-0.05, 0) is 25.7 Å². The fourth-order valence-electron chi connectivity index (χ4n) is 3.13. The molecule has 2 heterocycles. The molecule has 116 valence electrons. The molecule has 1 aromatic rings. The third kappa shape index (κ3) is 3.12. The maximum Gasteiger partial charge on any atom is 0.257 e. The van der Waals surface area contributed by atoms with Gasteiger partial charge < -0.3 is 10.2 Å². The zero-order chi connectivity index (χ0) is 15.0. The number of hydrogen-bond donors (Lipinski definition) is 1. The second-order valence-corrected chi connectivity index (χ2v) is 6.90. The molecule has 1 saturated carbocycles. The quantitative estimate of drug-likeness (QED) is 0.920. The summed E-state index contributed by atoms with van der Waals surface area (Å²) in [5.74, 6) is 1.26. The van der Waals surface area contributed by atoms with Crippen LogP contribution in [0.25, 0.3) is 0 Å². The maximum atomic E-state index is 12.8. The molecule has 0 spiro atoms. The maximum absolute atomic E-state index is 12.8. The van der Waals surface area contributed by atoms with Gasteiger partial charge in [0.15, 0.2) is 0 Å². The van der Waals surface area contributed by atoms with Crippen molar-refractivity contribution in [2.45, 2.75) is 52.1 Å². The van der Waals surface area contributed by atoms with Crippen LogP contribution in [0, 0.1) is 5.92 Å². The lowest BCUT2D eigenvalue weighted by Gasteiger charge is -2.32. The molecule has 3 rings (SSSR count). The van der Waals surface area contributed by atoms with Gasteiger partial charge in [-0.1, -0.05) is 13.8 Å². The van der Waals surface area contributed by atoms with Gasteiger partial charge in [0.1, 0.15) is 0 Å². The Hall–Kier alpha value is -1.36. The SMILES string of the molecule is CC(C)Cn1ncc(C(=O)N2CCN[C@H](C)C2)c1C1CC1. The lowest BCUT2D eigenvalue weighted by molar-refractivity contribution is 0.0707. The number of carbonyl (C=O) groups is 1. The van der Waals surface area contributed by atoms with Crippen molar-refractivity contribution in [2.75, 3.05) is 19.6 Å². The highest BCUT2D eigenvalue weighted by molar-refractivity contribution is 5.95. The van der Waals surface area contributed by atoms with E-state index in [1.807, 2.05) is 4.90 Å². The molecule has 1 aliphatic carbocycles. The molecule has 0 aromatic carbocycles. The number of rotatable bonds is 4. The molecular formula is C16H26N4O. The van der Waals surface area contributed by atoms with Gasteiger partial charge in [-0.15, -0.1) is 0 Å². The van der Waals surface area contributed by atoms with E-state index >= 15 is 0 Å². The third-order valence-corrected chi connectivity index (χ3v) is 4.27. The molecule has 2 aliphatic rings. The van der Waals surface area contributed by atoms with Crippen molar-refractivity contribution in [1.29, 1.82) is 0 Å². The van der Waals surface area contributed by atoms with Crippen LogP contribution < -0.4 is 5.32 Å². The fourth-order valence-corrected chi connectivity index (χ4v) is 3.13. The van der Waals surface area contributed by atoms with E-state index in [-0.39, 0.29) is 5.91 Å². The molecule has 1 aliphatic heterocycles. The van der Waals surface area contributed by atoms with Gasteiger partial charge in [0.05, 0.1) is 17.5 Å². The number of carbonyl (C=O) groups excluding carboxylic acids is 1. The lowest BCUT2D eigenvalue weighted by Crippen LogP contribution is -2.51. The Balaban J connectivity index is 1.84. The standard InChI is InChI=1S/C16H26N4O/c1-11(2)9-20-15(13-4-5-13)14(8-18-20)16(21)19-7-6-17-12(3)10-19/h8,11-13,17H,4-7,9-10H2,1-3H3/t12-/m1/s1. The molecule has 1 aromatic heterocycles. The number of aromatic nitrogens is 2. The van der Waals surface area contributed by atoms with Crippen LogP contribution in [0.2, 0.25) is 0 Å². The topological polar surface area (TPSA) is 50.2 Å². The molecule has 0 bridgehead atoms. The second-order valence-electron chi connectivity index (χ2n) is 6.90. The Morgan fingerprint density at radius 1 is 1.48 bits per heavy atom. The van der Waals surface area contributed by atoms with Gasteiger partial charge in [0.25, 0.3) is 5.91 Å². The van der Waals surface area contributed by atoms with Crippen molar-refractivity contribution in [2.24, 2.45) is 5.92 Å². The van der Waals surface area contributed by atoms with Crippen molar-refractivity contribution in [3.05, 3.63) is 17.5 Å². The number of piperazine rings is 1. The average molecular weight is 290 g/mol. The Morgan fingerprint density at radius 2 is 2.24 bits per heavy atom. The van der Waals surface area contributed by atoms with E-state index in [1.165, 1.54) is 18.5 Å². The summed E-state index contributed by atoms with van der Waals surface area (Å²) in [5, 5.41) is 7.89. The van der Waals surface area contributed by atoms with Crippen molar-refractivity contribution >= 4 is 5.91 Å². The predicted molar refractivity (Wildman–Crippen MR) is 82.4 cm³/mol. The van der Waals surface area contributed by atoms with E-state index in [9.17, 15) is 4.79 Å². The Kier molecular flexibility index (Phi) is 4.02. The molecular weight excluding hydrogens is 264 g/mol. The van der Waals surface area contributed by atoms with Crippen LogP contribution in [0.15, 0.2) is 6.20 Å². The van der Waals surface area contributed by atoms with Gasteiger partial charge >= 0.3 is 0 Å². The van der Waals surface area contributed by atoms with Gasteiger partial charge in [-0.3, -0.25) is 9.48 Å². The summed E-state index contributed by atoms with van der Waals surface area (Å²) in [6.45, 7) is 9.88. The average Bonchev–Trinajstić information content (AvgIpc) is 3.19. The van der Waals surface area contributed by atoms with Crippen molar-refractivity contribution in [1.82, 2.24) is 20.0 Å². The summed E-state index contributed by atoms with van der Waals surface area (Å²) < 4.78 is 2.07. The fraction of sp³-hybridized carbons (Fsp3) is 0.750. The minimum Gasteiger partial charge on any atom is -0.336 e. The van der Waals surface area contributed by atoms with Crippen LogP contribution in [-0.2, 0) is 6.54 Å². The minimum absolute atomic E-state index is 0.167. The van der Waals surface area contributed by atoms with Gasteiger partial charge in [0.2, 0.25) is 0 Å². The first-order chi connectivity index (χ1) is 10.1. The van der Waals surface area contributed by atoms with Crippen molar-refractivity contribution in [3.8, 4) is 0 Å². The third-order valence-electron chi connectivity index (χ3n) is 4.27.